The summed E-state index contributed by atoms with van der Waals surface area (Å²) in [7, 11) is 2.82. The minimum absolute atomic E-state index is 0.0779. The number of hydrogen-bond acceptors (Lipinski definition) is 7. The van der Waals surface area contributed by atoms with Gasteiger partial charge in [-0.15, -0.1) is 0 Å². The second kappa shape index (κ2) is 7.05. The summed E-state index contributed by atoms with van der Waals surface area (Å²) in [4.78, 5) is 19.4. The van der Waals surface area contributed by atoms with Crippen molar-refractivity contribution in [3.05, 3.63) is 6.07 Å². The number of esters is 1. The van der Waals surface area contributed by atoms with Gasteiger partial charge >= 0.3 is 12.0 Å². The Morgan fingerprint density at radius 2 is 1.86 bits per heavy atom. The van der Waals surface area contributed by atoms with E-state index in [-0.39, 0.29) is 24.4 Å². The summed E-state index contributed by atoms with van der Waals surface area (Å²) in [6, 6.07) is 1.28. The lowest BCUT2D eigenvalue weighted by Crippen LogP contribution is -2.45. The van der Waals surface area contributed by atoms with Gasteiger partial charge in [0, 0.05) is 0 Å². The summed E-state index contributed by atoms with van der Waals surface area (Å²) < 4.78 is 34.3. The van der Waals surface area contributed by atoms with Crippen LogP contribution in [0.1, 0.15) is 20.8 Å². The van der Waals surface area contributed by atoms with Gasteiger partial charge in [-0.3, -0.25) is 0 Å². The summed E-state index contributed by atoms with van der Waals surface area (Å²) in [5.74, 6) is -0.617. The van der Waals surface area contributed by atoms with Gasteiger partial charge in [-0.1, -0.05) is 0 Å². The SMILES string of the molecule is CCOC(=O)C(C)(F)C(C)Oc1nc(OC)cc(OC)n1. The molecule has 1 heterocycles. The maximum Gasteiger partial charge on any atom is 0.347 e. The van der Waals surface area contributed by atoms with E-state index in [0.29, 0.717) is 0 Å². The average molecular weight is 302 g/mol. The summed E-state index contributed by atoms with van der Waals surface area (Å²) >= 11 is 0. The third kappa shape index (κ3) is 4.17. The minimum atomic E-state index is -2.34. The first-order chi connectivity index (χ1) is 9.84. The predicted octanol–water partition coefficient (Wildman–Crippen LogP) is 1.55. The molecule has 0 fully saturated rings. The van der Waals surface area contributed by atoms with E-state index in [1.807, 2.05) is 0 Å². The second-order valence-corrected chi connectivity index (χ2v) is 4.29. The molecule has 8 heteroatoms. The number of hydrogen-bond donors (Lipinski definition) is 0. The minimum Gasteiger partial charge on any atom is -0.481 e. The van der Waals surface area contributed by atoms with Crippen molar-refractivity contribution in [1.82, 2.24) is 9.97 Å². The lowest BCUT2D eigenvalue weighted by atomic mass is 10.0. The Bertz CT molecular complexity index is 473. The molecule has 21 heavy (non-hydrogen) atoms. The molecule has 0 radical (unpaired) electrons. The quantitative estimate of drug-likeness (QED) is 0.707. The fraction of sp³-hybridized carbons (Fsp3) is 0.615. The molecule has 0 aromatic carbocycles. The fourth-order valence-corrected chi connectivity index (χ4v) is 1.35. The number of aromatic nitrogens is 2. The van der Waals surface area contributed by atoms with Crippen LogP contribution < -0.4 is 14.2 Å². The Labute approximate surface area is 122 Å². The van der Waals surface area contributed by atoms with Crippen LogP contribution in [0.4, 0.5) is 4.39 Å². The number of alkyl halides is 1. The number of carbonyl (C=O) groups is 1. The molecule has 0 aliphatic heterocycles. The first-order valence-corrected chi connectivity index (χ1v) is 6.35. The van der Waals surface area contributed by atoms with Crippen LogP contribution >= 0.6 is 0 Å². The van der Waals surface area contributed by atoms with Crippen LogP contribution in [0.25, 0.3) is 0 Å². The van der Waals surface area contributed by atoms with Gasteiger partial charge in [-0.25, -0.2) is 9.18 Å². The number of methoxy groups -OCH3 is 2. The zero-order chi connectivity index (χ0) is 16.0. The maximum absolute atomic E-state index is 14.4. The number of rotatable bonds is 7. The molecule has 2 atom stereocenters. The van der Waals surface area contributed by atoms with Gasteiger partial charge in [0.2, 0.25) is 17.4 Å². The van der Waals surface area contributed by atoms with E-state index in [1.54, 1.807) is 6.92 Å². The van der Waals surface area contributed by atoms with Crippen molar-refractivity contribution in [2.75, 3.05) is 20.8 Å². The van der Waals surface area contributed by atoms with Crippen molar-refractivity contribution in [1.29, 1.82) is 0 Å². The van der Waals surface area contributed by atoms with Crippen LogP contribution in [0.5, 0.6) is 17.8 Å². The Morgan fingerprint density at radius 3 is 2.29 bits per heavy atom. The normalized spacial score (nSPS) is 14.8. The number of carbonyl (C=O) groups excluding carboxylic acids is 1. The molecule has 118 valence electrons. The molecule has 1 aromatic rings. The molecule has 0 N–H and O–H groups in total. The summed E-state index contributed by atoms with van der Waals surface area (Å²) in [5.41, 5.74) is -2.34. The topological polar surface area (TPSA) is 79.8 Å². The van der Waals surface area contributed by atoms with Crippen LogP contribution in [-0.4, -0.2) is 48.5 Å². The molecule has 0 spiro atoms. The third-order valence-corrected chi connectivity index (χ3v) is 2.80. The molecule has 0 bridgehead atoms. The summed E-state index contributed by atoms with van der Waals surface area (Å²) in [5, 5.41) is 0. The van der Waals surface area contributed by atoms with Crippen molar-refractivity contribution < 1.29 is 28.1 Å². The highest BCUT2D eigenvalue weighted by molar-refractivity contribution is 5.79. The van der Waals surface area contributed by atoms with Crippen LogP contribution in [0, 0.1) is 0 Å². The molecule has 0 saturated heterocycles. The number of nitrogens with zero attached hydrogens (tertiary/aromatic N) is 2. The molecule has 2 unspecified atom stereocenters. The van der Waals surface area contributed by atoms with Crippen LogP contribution in [0.2, 0.25) is 0 Å². The van der Waals surface area contributed by atoms with E-state index in [1.165, 1.54) is 27.2 Å². The lowest BCUT2D eigenvalue weighted by molar-refractivity contribution is -0.162. The molecule has 1 rings (SSSR count). The monoisotopic (exact) mass is 302 g/mol. The molecule has 0 aliphatic rings. The number of ether oxygens (including phenoxy) is 4. The van der Waals surface area contributed by atoms with Gasteiger partial charge in [-0.2, -0.15) is 9.97 Å². The Morgan fingerprint density at radius 1 is 1.33 bits per heavy atom. The zero-order valence-corrected chi connectivity index (χ0v) is 12.7. The Kier molecular flexibility index (Phi) is 5.69. The Balaban J connectivity index is 2.91. The van der Waals surface area contributed by atoms with Crippen molar-refractivity contribution >= 4 is 5.97 Å². The molecule has 1 aromatic heterocycles. The van der Waals surface area contributed by atoms with Crippen LogP contribution in [0.15, 0.2) is 6.07 Å². The van der Waals surface area contributed by atoms with Crippen molar-refractivity contribution in [2.24, 2.45) is 0 Å². The fourth-order valence-electron chi connectivity index (χ4n) is 1.35. The van der Waals surface area contributed by atoms with E-state index >= 15 is 0 Å². The zero-order valence-electron chi connectivity index (χ0n) is 12.7. The smallest absolute Gasteiger partial charge is 0.347 e. The Hall–Kier alpha value is -2.12. The van der Waals surface area contributed by atoms with Gasteiger partial charge in [0.25, 0.3) is 0 Å². The molecule has 0 aliphatic carbocycles. The van der Waals surface area contributed by atoms with Crippen molar-refractivity contribution in [3.63, 3.8) is 0 Å². The van der Waals surface area contributed by atoms with Crippen molar-refractivity contribution in [3.8, 4) is 17.8 Å². The lowest BCUT2D eigenvalue weighted by Gasteiger charge is -2.25. The highest BCUT2D eigenvalue weighted by Gasteiger charge is 2.43. The molecular formula is C13H19FN2O5. The summed E-state index contributed by atoms with van der Waals surface area (Å²) in [6.45, 7) is 4.13. The highest BCUT2D eigenvalue weighted by atomic mass is 19.1. The first-order valence-electron chi connectivity index (χ1n) is 6.35. The van der Waals surface area contributed by atoms with Gasteiger partial charge in [0.05, 0.1) is 26.9 Å². The average Bonchev–Trinajstić information content (AvgIpc) is 2.46. The van der Waals surface area contributed by atoms with Gasteiger partial charge < -0.3 is 18.9 Å². The van der Waals surface area contributed by atoms with E-state index < -0.39 is 17.7 Å². The standard InChI is InChI=1S/C13H19FN2O5/c1-6-20-11(17)13(3,14)8(2)21-12-15-9(18-4)7-10(16-12)19-5/h7-8H,6H2,1-5H3. The highest BCUT2D eigenvalue weighted by Crippen LogP contribution is 2.24. The number of halogens is 1. The molecular weight excluding hydrogens is 283 g/mol. The maximum atomic E-state index is 14.4. The summed E-state index contributed by atoms with van der Waals surface area (Å²) in [6.07, 6.45) is -1.16. The van der Waals surface area contributed by atoms with Crippen molar-refractivity contribution in [2.45, 2.75) is 32.5 Å². The van der Waals surface area contributed by atoms with E-state index in [4.69, 9.17) is 14.2 Å². The second-order valence-electron chi connectivity index (χ2n) is 4.29. The third-order valence-electron chi connectivity index (χ3n) is 2.80. The molecule has 0 saturated carbocycles. The van der Waals surface area contributed by atoms with E-state index in [2.05, 4.69) is 14.7 Å². The largest absolute Gasteiger partial charge is 0.481 e. The van der Waals surface area contributed by atoms with Gasteiger partial charge in [-0.05, 0) is 20.8 Å². The van der Waals surface area contributed by atoms with E-state index in [9.17, 15) is 9.18 Å². The van der Waals surface area contributed by atoms with E-state index in [0.717, 1.165) is 6.92 Å². The predicted molar refractivity (Wildman–Crippen MR) is 71.4 cm³/mol. The van der Waals surface area contributed by atoms with Crippen LogP contribution in [-0.2, 0) is 9.53 Å². The molecule has 0 amide bonds. The molecule has 7 nitrogen and oxygen atoms in total. The van der Waals surface area contributed by atoms with Gasteiger partial charge in [0.1, 0.15) is 6.10 Å². The first kappa shape index (κ1) is 16.9. The van der Waals surface area contributed by atoms with Gasteiger partial charge in [0.15, 0.2) is 0 Å². The van der Waals surface area contributed by atoms with Crippen LogP contribution in [0.3, 0.4) is 0 Å².